The molecule has 3 aromatic heterocycles. The highest BCUT2D eigenvalue weighted by molar-refractivity contribution is 6.89. The van der Waals surface area contributed by atoms with Crippen molar-refractivity contribution in [2.75, 3.05) is 0 Å². The molecule has 12 rings (SSSR count). The van der Waals surface area contributed by atoms with E-state index in [2.05, 4.69) is 246 Å². The van der Waals surface area contributed by atoms with Crippen LogP contribution in [0, 0.1) is 12.3 Å². The molecule has 67 heavy (non-hydrogen) atoms. The smallest absolute Gasteiger partial charge is 0.364 e. The molecule has 0 aliphatic carbocycles. The second-order valence-electron chi connectivity index (χ2n) is 22.5. The third kappa shape index (κ3) is 6.09. The third-order valence-corrected chi connectivity index (χ3v) is 16.6. The molecule has 0 radical (unpaired) electrons. The summed E-state index contributed by atoms with van der Waals surface area (Å²) in [6.45, 7) is 23.9. The summed E-state index contributed by atoms with van der Waals surface area (Å²) in [4.78, 5) is 0. The molecule has 4 nitrogen and oxygen atoms in total. The monoisotopic (exact) mass is 889 g/mol. The molecular weight excluding hydrogens is 831 g/mol. The zero-order chi connectivity index (χ0) is 46.4. The number of pyridine rings is 1. The van der Waals surface area contributed by atoms with Gasteiger partial charge in [0.05, 0.1) is 24.8 Å². The van der Waals surface area contributed by atoms with Gasteiger partial charge in [-0.25, -0.2) is 0 Å². The number of aromatic nitrogens is 3. The van der Waals surface area contributed by atoms with Crippen LogP contribution in [-0.2, 0) is 17.5 Å². The van der Waals surface area contributed by atoms with Crippen LogP contribution in [0.2, 0.25) is 19.6 Å². The number of furan rings is 1. The standard InChI is InChI=1S/C62H59N3OSi/c1-39-29-30-46-50(33-39)62(63-38-55(67(8,9)10)42(34-53(46)63)37-60(2,3)4)49-32-31-45-44-25-17-20-28-54(44)66-58(45)56(49)59-64(51-26-18-19-27-52(51)65(59)62)57-47(40-21-13-11-14-22-40)35-43(61(5,6)7)36-48(57)41-23-15-12-16-24-41/h11-36,38H,37H2,1-10H3/q+2. The maximum atomic E-state index is 7.26. The number of hydrogen-bond acceptors (Lipinski definition) is 1. The molecule has 5 heteroatoms. The zero-order valence-corrected chi connectivity index (χ0v) is 41.5. The van der Waals surface area contributed by atoms with E-state index in [1.54, 1.807) is 0 Å². The maximum absolute atomic E-state index is 7.26. The van der Waals surface area contributed by atoms with Crippen LogP contribution in [0.5, 0.6) is 0 Å². The zero-order valence-electron chi connectivity index (χ0n) is 40.5. The van der Waals surface area contributed by atoms with Crippen molar-refractivity contribution in [1.82, 2.24) is 4.57 Å². The van der Waals surface area contributed by atoms with E-state index in [-0.39, 0.29) is 10.8 Å². The lowest BCUT2D eigenvalue weighted by Gasteiger charge is -2.26. The predicted molar refractivity (Wildman–Crippen MR) is 280 cm³/mol. The number of fused-ring (bicyclic) bond motifs is 16. The first-order valence-corrected chi connectivity index (χ1v) is 27.6. The van der Waals surface area contributed by atoms with Crippen molar-refractivity contribution in [2.45, 2.75) is 85.6 Å². The van der Waals surface area contributed by atoms with Gasteiger partial charge >= 0.3 is 11.5 Å². The average molecular weight is 890 g/mol. The highest BCUT2D eigenvalue weighted by Gasteiger charge is 2.67. The van der Waals surface area contributed by atoms with Crippen molar-refractivity contribution < 1.29 is 13.6 Å². The van der Waals surface area contributed by atoms with Gasteiger partial charge in [-0.2, -0.15) is 4.57 Å². The largest absolute Gasteiger partial charge is 0.455 e. The van der Waals surface area contributed by atoms with E-state index in [0.29, 0.717) is 0 Å². The van der Waals surface area contributed by atoms with Gasteiger partial charge < -0.3 is 4.42 Å². The molecule has 7 aromatic carbocycles. The van der Waals surface area contributed by atoms with Crippen LogP contribution < -0.4 is 14.3 Å². The molecule has 0 N–H and O–H groups in total. The molecule has 0 saturated carbocycles. The summed E-state index contributed by atoms with van der Waals surface area (Å²) < 4.78 is 15.3. The minimum Gasteiger partial charge on any atom is -0.455 e. The summed E-state index contributed by atoms with van der Waals surface area (Å²) in [7, 11) is -1.92. The van der Waals surface area contributed by atoms with E-state index in [0.717, 1.165) is 56.5 Å². The Balaban J connectivity index is 1.34. The van der Waals surface area contributed by atoms with Crippen molar-refractivity contribution >= 4 is 46.2 Å². The van der Waals surface area contributed by atoms with E-state index in [1.807, 2.05) is 0 Å². The van der Waals surface area contributed by atoms with Crippen molar-refractivity contribution in [3.63, 3.8) is 0 Å². The molecule has 0 bridgehead atoms. The molecular formula is C62H59N3OSi+2. The van der Waals surface area contributed by atoms with Crippen molar-refractivity contribution in [3.05, 3.63) is 192 Å². The van der Waals surface area contributed by atoms with Gasteiger partial charge in [-0.1, -0.05) is 164 Å². The van der Waals surface area contributed by atoms with Gasteiger partial charge in [0.15, 0.2) is 22.8 Å². The molecule has 2 aliphatic heterocycles. The molecule has 0 amide bonds. The van der Waals surface area contributed by atoms with Crippen molar-refractivity contribution in [1.29, 1.82) is 0 Å². The Kier molecular flexibility index (Phi) is 8.90. The molecule has 1 spiro atoms. The van der Waals surface area contributed by atoms with Crippen LogP contribution >= 0.6 is 0 Å². The molecule has 2 aliphatic rings. The highest BCUT2D eigenvalue weighted by atomic mass is 28.3. The first kappa shape index (κ1) is 41.6. The Morgan fingerprint density at radius 3 is 1.93 bits per heavy atom. The van der Waals surface area contributed by atoms with E-state index in [4.69, 9.17) is 4.42 Å². The lowest BCUT2D eigenvalue weighted by molar-refractivity contribution is -0.944. The quantitative estimate of drug-likeness (QED) is 0.125. The Morgan fingerprint density at radius 1 is 0.627 bits per heavy atom. The second-order valence-corrected chi connectivity index (χ2v) is 27.6. The Bertz CT molecular complexity index is 3610. The topological polar surface area (TPSA) is 25.8 Å². The summed E-state index contributed by atoms with van der Waals surface area (Å²) in [6, 6.07) is 59.2. The van der Waals surface area contributed by atoms with Crippen LogP contribution in [0.3, 0.4) is 0 Å². The van der Waals surface area contributed by atoms with E-state index < -0.39 is 13.7 Å². The van der Waals surface area contributed by atoms with Crippen LogP contribution in [0.25, 0.3) is 83.6 Å². The number of nitrogens with zero attached hydrogens (tertiary/aromatic N) is 3. The number of aryl methyl sites for hydroxylation is 1. The van der Waals surface area contributed by atoms with E-state index in [9.17, 15) is 0 Å². The summed E-state index contributed by atoms with van der Waals surface area (Å²) in [6.07, 6.45) is 3.61. The van der Waals surface area contributed by atoms with E-state index in [1.165, 1.54) is 66.5 Å². The fraction of sp³-hybridized carbons (Fsp3) is 0.226. The number of rotatable bonds is 5. The molecule has 330 valence electrons. The van der Waals surface area contributed by atoms with Crippen molar-refractivity contribution in [3.8, 4) is 50.6 Å². The van der Waals surface area contributed by atoms with Gasteiger partial charge in [-0.05, 0) is 101 Å². The SMILES string of the molecule is Cc1ccc2c(c1)C1(c3ccc4c(oc5ccccc54)c3-c3n(-c4c(-c5ccccc5)cc(C(C)(C)C)cc4-c4ccccc4)c4ccccc4[n+]31)[n+]1cc([Si](C)(C)C)c(CC(C)(C)C)cc1-2. The fourth-order valence-corrected chi connectivity index (χ4v) is 13.3. The normalized spacial score (nSPS) is 15.4. The predicted octanol–water partition coefficient (Wildman–Crippen LogP) is 14.4. The molecule has 1 unspecified atom stereocenters. The second kappa shape index (κ2) is 14.3. The van der Waals surface area contributed by atoms with Gasteiger partial charge in [0, 0.05) is 33.2 Å². The summed E-state index contributed by atoms with van der Waals surface area (Å²) in [5.41, 5.74) is 19.4. The Labute approximate surface area is 395 Å². The third-order valence-electron chi connectivity index (χ3n) is 14.5. The van der Waals surface area contributed by atoms with Gasteiger partial charge in [-0.15, -0.1) is 9.13 Å². The van der Waals surface area contributed by atoms with Crippen LogP contribution in [0.1, 0.15) is 69.4 Å². The average Bonchev–Trinajstić information content (AvgIpc) is 4.01. The van der Waals surface area contributed by atoms with Gasteiger partial charge in [0.2, 0.25) is 5.69 Å². The van der Waals surface area contributed by atoms with Crippen LogP contribution in [0.15, 0.2) is 168 Å². The molecule has 1 atom stereocenters. The minimum absolute atomic E-state index is 0.107. The minimum atomic E-state index is -1.92. The lowest BCUT2D eigenvalue weighted by Crippen LogP contribution is -2.72. The maximum Gasteiger partial charge on any atom is 0.364 e. The number of imidazole rings is 1. The Hall–Kier alpha value is -6.82. The first-order valence-electron chi connectivity index (χ1n) is 24.1. The highest BCUT2D eigenvalue weighted by Crippen LogP contribution is 2.54. The number of benzene rings is 7. The summed E-state index contributed by atoms with van der Waals surface area (Å²) >= 11 is 0. The lowest BCUT2D eigenvalue weighted by atomic mass is 9.82. The molecule has 5 heterocycles. The molecule has 10 aromatic rings. The van der Waals surface area contributed by atoms with Gasteiger partial charge in [-0.3, -0.25) is 0 Å². The first-order chi connectivity index (χ1) is 32.0. The van der Waals surface area contributed by atoms with Gasteiger partial charge in [0.1, 0.15) is 16.8 Å². The van der Waals surface area contributed by atoms with Gasteiger partial charge in [0.25, 0.3) is 0 Å². The van der Waals surface area contributed by atoms with E-state index >= 15 is 0 Å². The number of hydrogen-bond donors (Lipinski definition) is 0. The fourth-order valence-electron chi connectivity index (χ4n) is 11.6. The summed E-state index contributed by atoms with van der Waals surface area (Å²) in [5, 5.41) is 3.76. The van der Waals surface area contributed by atoms with Crippen LogP contribution in [-0.4, -0.2) is 12.6 Å². The summed E-state index contributed by atoms with van der Waals surface area (Å²) in [5.74, 6) is 1.11. The van der Waals surface area contributed by atoms with Crippen LogP contribution in [0.4, 0.5) is 0 Å². The number of para-hydroxylation sites is 3. The molecule has 0 fully saturated rings. The Morgan fingerprint density at radius 2 is 1.27 bits per heavy atom. The van der Waals surface area contributed by atoms with Crippen molar-refractivity contribution in [2.24, 2.45) is 5.41 Å². The molecule has 0 saturated heterocycles.